The normalized spacial score (nSPS) is 14.0. The Bertz CT molecular complexity index is 1560. The van der Waals surface area contributed by atoms with Gasteiger partial charge >= 0.3 is 6.03 Å². The molecular formula is C30H33ClFN5O4S2. The monoisotopic (exact) mass is 645 g/mol. The number of rotatable bonds is 10. The smallest absolute Gasteiger partial charge is 0.322 e. The summed E-state index contributed by atoms with van der Waals surface area (Å²) in [6.07, 6.45) is 2.76. The van der Waals surface area contributed by atoms with Crippen molar-refractivity contribution >= 4 is 51.2 Å². The molecule has 2 amide bonds. The Morgan fingerprint density at radius 3 is 2.19 bits per heavy atom. The van der Waals surface area contributed by atoms with Crippen molar-refractivity contribution in [2.75, 3.05) is 29.4 Å². The van der Waals surface area contributed by atoms with Crippen LogP contribution in [-0.2, 0) is 23.1 Å². The van der Waals surface area contributed by atoms with Crippen molar-refractivity contribution < 1.29 is 22.3 Å². The minimum atomic E-state index is -3.33. The quantitative estimate of drug-likeness (QED) is 0.202. The minimum Gasteiger partial charge on any atom is -0.457 e. The van der Waals surface area contributed by atoms with Crippen LogP contribution in [-0.4, -0.2) is 54.6 Å². The van der Waals surface area contributed by atoms with Gasteiger partial charge in [0, 0.05) is 42.4 Å². The fourth-order valence-corrected chi connectivity index (χ4v) is 5.95. The number of sulfonamides is 1. The second kappa shape index (κ2) is 14.6. The van der Waals surface area contributed by atoms with Crippen LogP contribution in [0, 0.1) is 5.82 Å². The molecule has 0 saturated carbocycles. The SMILES string of the molecule is CS(=O)(=O)Nc1ccc(Oc2ccc(CN3CCC(N(Cc4cscn4)C(=O)Nc4ccc(F)cc4)CC3)cc2)cc1.Cl. The predicted molar refractivity (Wildman–Crippen MR) is 170 cm³/mol. The third kappa shape index (κ3) is 9.65. The molecule has 2 N–H and O–H groups in total. The summed E-state index contributed by atoms with van der Waals surface area (Å²) in [6, 6.07) is 20.2. The molecule has 9 nitrogen and oxygen atoms in total. The Balaban J connectivity index is 0.00000423. The highest BCUT2D eigenvalue weighted by molar-refractivity contribution is 7.92. The first-order chi connectivity index (χ1) is 20.2. The highest BCUT2D eigenvalue weighted by Crippen LogP contribution is 2.26. The number of piperidine rings is 1. The van der Waals surface area contributed by atoms with Gasteiger partial charge < -0.3 is 15.0 Å². The number of benzene rings is 3. The molecule has 0 spiro atoms. The van der Waals surface area contributed by atoms with Crippen LogP contribution in [0.15, 0.2) is 83.7 Å². The standard InChI is InChI=1S/C30H32FN5O4S2.ClH/c1-42(38,39)34-25-8-12-29(13-9-25)40-28-10-2-22(3-11-28)18-35-16-14-27(15-17-35)36(19-26-20-41-21-32-26)30(37)33-24-6-4-23(31)5-7-24;/h2-13,20-21,27,34H,14-19H2,1H3,(H,33,37);1H. The number of amides is 2. The lowest BCUT2D eigenvalue weighted by atomic mass is 10.0. The van der Waals surface area contributed by atoms with Crippen molar-refractivity contribution in [2.45, 2.75) is 32.0 Å². The number of carbonyl (C=O) groups excluding carboxylic acids is 1. The van der Waals surface area contributed by atoms with Crippen molar-refractivity contribution in [3.63, 3.8) is 0 Å². The van der Waals surface area contributed by atoms with Crippen LogP contribution in [0.3, 0.4) is 0 Å². The lowest BCUT2D eigenvalue weighted by Gasteiger charge is -2.38. The molecule has 1 aromatic heterocycles. The van der Waals surface area contributed by atoms with Gasteiger partial charge in [-0.05, 0) is 79.1 Å². The molecule has 0 bridgehead atoms. The molecule has 0 aliphatic carbocycles. The van der Waals surface area contributed by atoms with Gasteiger partial charge in [0.2, 0.25) is 10.0 Å². The zero-order chi connectivity index (χ0) is 29.5. The summed E-state index contributed by atoms with van der Waals surface area (Å²) in [6.45, 7) is 2.88. The largest absolute Gasteiger partial charge is 0.457 e. The van der Waals surface area contributed by atoms with Crippen LogP contribution in [0.4, 0.5) is 20.6 Å². The van der Waals surface area contributed by atoms with Crippen molar-refractivity contribution in [2.24, 2.45) is 0 Å². The Kier molecular flexibility index (Phi) is 11.0. The van der Waals surface area contributed by atoms with Crippen LogP contribution in [0.25, 0.3) is 0 Å². The third-order valence-electron chi connectivity index (χ3n) is 6.89. The number of nitrogens with zero attached hydrogens (tertiary/aromatic N) is 3. The summed E-state index contributed by atoms with van der Waals surface area (Å²) in [7, 11) is -3.33. The molecule has 0 radical (unpaired) electrons. The Morgan fingerprint density at radius 1 is 1.00 bits per heavy atom. The van der Waals surface area contributed by atoms with E-state index in [4.69, 9.17) is 4.74 Å². The summed E-state index contributed by atoms with van der Waals surface area (Å²) in [5.41, 5.74) is 4.79. The van der Waals surface area contributed by atoms with E-state index in [2.05, 4.69) is 19.9 Å². The number of hydrogen-bond donors (Lipinski definition) is 2. The maximum absolute atomic E-state index is 13.3. The van der Waals surface area contributed by atoms with Gasteiger partial charge in [0.1, 0.15) is 17.3 Å². The van der Waals surface area contributed by atoms with E-state index in [1.54, 1.807) is 41.9 Å². The van der Waals surface area contributed by atoms with E-state index in [-0.39, 0.29) is 30.3 Å². The van der Waals surface area contributed by atoms with Gasteiger partial charge in [0.25, 0.3) is 0 Å². The number of ether oxygens (including phenoxy) is 1. The average molecular weight is 646 g/mol. The van der Waals surface area contributed by atoms with Crippen LogP contribution < -0.4 is 14.8 Å². The van der Waals surface area contributed by atoms with Crippen molar-refractivity contribution in [1.82, 2.24) is 14.8 Å². The molecule has 2 heterocycles. The number of urea groups is 1. The van der Waals surface area contributed by atoms with Crippen molar-refractivity contribution in [3.8, 4) is 11.5 Å². The minimum absolute atomic E-state index is 0. The van der Waals surface area contributed by atoms with E-state index in [1.165, 1.54) is 23.5 Å². The van der Waals surface area contributed by atoms with Gasteiger partial charge in [-0.3, -0.25) is 9.62 Å². The first-order valence-corrected chi connectivity index (χ1v) is 16.3. The van der Waals surface area contributed by atoms with Gasteiger partial charge in [-0.15, -0.1) is 23.7 Å². The maximum Gasteiger partial charge on any atom is 0.322 e. The van der Waals surface area contributed by atoms with Crippen LogP contribution in [0.2, 0.25) is 0 Å². The average Bonchev–Trinajstić information content (AvgIpc) is 3.48. The fraction of sp³-hybridized carbons (Fsp3) is 0.267. The molecular weight excluding hydrogens is 613 g/mol. The molecule has 3 aromatic carbocycles. The molecule has 1 saturated heterocycles. The van der Waals surface area contributed by atoms with E-state index < -0.39 is 10.0 Å². The van der Waals surface area contributed by atoms with Gasteiger partial charge in [-0.2, -0.15) is 0 Å². The second-order valence-electron chi connectivity index (χ2n) is 10.2. The first kappa shape index (κ1) is 32.2. The highest BCUT2D eigenvalue weighted by atomic mass is 35.5. The number of aromatic nitrogens is 1. The molecule has 13 heteroatoms. The Morgan fingerprint density at radius 2 is 1.60 bits per heavy atom. The van der Waals surface area contributed by atoms with Gasteiger partial charge in [0.15, 0.2) is 0 Å². The van der Waals surface area contributed by atoms with Crippen LogP contribution >= 0.6 is 23.7 Å². The number of halogens is 2. The Hall–Kier alpha value is -3.71. The number of thiazole rings is 1. The summed E-state index contributed by atoms with van der Waals surface area (Å²) in [5.74, 6) is 0.943. The van der Waals surface area contributed by atoms with E-state index in [9.17, 15) is 17.6 Å². The topological polar surface area (TPSA) is 104 Å². The zero-order valence-electron chi connectivity index (χ0n) is 23.5. The Labute approximate surface area is 261 Å². The molecule has 0 unspecified atom stereocenters. The van der Waals surface area contributed by atoms with Crippen LogP contribution in [0.1, 0.15) is 24.1 Å². The molecule has 43 heavy (non-hydrogen) atoms. The van der Waals surface area contributed by atoms with E-state index in [1.807, 2.05) is 34.5 Å². The van der Waals surface area contributed by atoms with Gasteiger partial charge in [-0.1, -0.05) is 12.1 Å². The van der Waals surface area contributed by atoms with Crippen LogP contribution in [0.5, 0.6) is 11.5 Å². The fourth-order valence-electron chi connectivity index (χ4n) is 4.84. The van der Waals surface area contributed by atoms with E-state index in [0.29, 0.717) is 29.4 Å². The van der Waals surface area contributed by atoms with E-state index in [0.717, 1.165) is 50.0 Å². The van der Waals surface area contributed by atoms with Crippen molar-refractivity contribution in [3.05, 3.63) is 101 Å². The maximum atomic E-state index is 13.3. The molecule has 1 aliphatic heterocycles. The number of anilines is 2. The van der Waals surface area contributed by atoms with Crippen molar-refractivity contribution in [1.29, 1.82) is 0 Å². The molecule has 4 aromatic rings. The first-order valence-electron chi connectivity index (χ1n) is 13.5. The zero-order valence-corrected chi connectivity index (χ0v) is 25.9. The predicted octanol–water partition coefficient (Wildman–Crippen LogP) is 6.57. The third-order valence-corrected chi connectivity index (χ3v) is 8.13. The van der Waals surface area contributed by atoms with Gasteiger partial charge in [0.05, 0.1) is 24.0 Å². The summed E-state index contributed by atoms with van der Waals surface area (Å²) < 4.78 is 44.4. The number of carbonyl (C=O) groups is 1. The molecule has 1 aliphatic rings. The number of hydrogen-bond acceptors (Lipinski definition) is 7. The number of nitrogens with one attached hydrogen (secondary N) is 2. The second-order valence-corrected chi connectivity index (χ2v) is 12.7. The van der Waals surface area contributed by atoms with E-state index >= 15 is 0 Å². The molecule has 228 valence electrons. The molecule has 0 atom stereocenters. The summed E-state index contributed by atoms with van der Waals surface area (Å²) in [5, 5.41) is 4.86. The summed E-state index contributed by atoms with van der Waals surface area (Å²) >= 11 is 1.50. The molecule has 1 fully saturated rings. The molecule has 5 rings (SSSR count). The lowest BCUT2D eigenvalue weighted by Crippen LogP contribution is -2.48. The van der Waals surface area contributed by atoms with Gasteiger partial charge in [-0.25, -0.2) is 22.6 Å². The lowest BCUT2D eigenvalue weighted by molar-refractivity contribution is 0.119. The number of likely N-dealkylation sites (tertiary alicyclic amines) is 1. The highest BCUT2D eigenvalue weighted by Gasteiger charge is 2.29. The summed E-state index contributed by atoms with van der Waals surface area (Å²) in [4.78, 5) is 21.9.